The largest absolute Gasteiger partial charge is 0.465 e. The molecule has 3 heterocycles. The van der Waals surface area contributed by atoms with Gasteiger partial charge in [0.05, 0.1) is 35.4 Å². The SMILES string of the molecule is CCCCOC(=O)Cc1cccc(COc2nc3ccccc3n2-c2nnnn2C)n1. The van der Waals surface area contributed by atoms with Gasteiger partial charge in [-0.1, -0.05) is 36.6 Å². The Morgan fingerprint density at radius 2 is 1.90 bits per heavy atom. The number of unbranched alkanes of at least 4 members (excludes halogenated alkanes) is 1. The topological polar surface area (TPSA) is 110 Å². The number of aromatic nitrogens is 7. The van der Waals surface area contributed by atoms with E-state index in [1.54, 1.807) is 22.4 Å². The molecule has 0 aliphatic carbocycles. The summed E-state index contributed by atoms with van der Waals surface area (Å²) in [7, 11) is 1.75. The Bertz CT molecular complexity index is 1180. The van der Waals surface area contributed by atoms with E-state index in [2.05, 4.69) is 25.5 Å². The molecule has 10 heteroatoms. The van der Waals surface area contributed by atoms with E-state index in [1.807, 2.05) is 43.3 Å². The van der Waals surface area contributed by atoms with Crippen LogP contribution >= 0.6 is 0 Å². The second-order valence-corrected chi connectivity index (χ2v) is 6.98. The molecule has 0 aliphatic heterocycles. The number of nitrogens with zero attached hydrogens (tertiary/aromatic N) is 7. The summed E-state index contributed by atoms with van der Waals surface area (Å²) in [4.78, 5) is 21.0. The van der Waals surface area contributed by atoms with E-state index in [4.69, 9.17) is 9.47 Å². The minimum absolute atomic E-state index is 0.126. The molecule has 0 saturated carbocycles. The number of pyridine rings is 1. The summed E-state index contributed by atoms with van der Waals surface area (Å²) >= 11 is 0. The monoisotopic (exact) mass is 421 g/mol. The number of carbonyl (C=O) groups excluding carboxylic acids is 1. The minimum atomic E-state index is -0.282. The van der Waals surface area contributed by atoms with Crippen molar-refractivity contribution in [2.75, 3.05) is 6.61 Å². The number of benzene rings is 1. The first kappa shape index (κ1) is 20.5. The average Bonchev–Trinajstić information content (AvgIpc) is 3.35. The summed E-state index contributed by atoms with van der Waals surface area (Å²) in [6.45, 7) is 2.66. The van der Waals surface area contributed by atoms with Gasteiger partial charge in [0.2, 0.25) is 0 Å². The Morgan fingerprint density at radius 3 is 2.71 bits per heavy atom. The number of hydrogen-bond acceptors (Lipinski definition) is 8. The summed E-state index contributed by atoms with van der Waals surface area (Å²) in [6.07, 6.45) is 1.96. The summed E-state index contributed by atoms with van der Waals surface area (Å²) < 4.78 is 14.5. The van der Waals surface area contributed by atoms with Gasteiger partial charge in [0.25, 0.3) is 5.95 Å². The Morgan fingerprint density at radius 1 is 1.06 bits per heavy atom. The lowest BCUT2D eigenvalue weighted by Crippen LogP contribution is -2.11. The van der Waals surface area contributed by atoms with Crippen molar-refractivity contribution in [1.29, 1.82) is 0 Å². The highest BCUT2D eigenvalue weighted by molar-refractivity contribution is 5.78. The minimum Gasteiger partial charge on any atom is -0.465 e. The number of hydrogen-bond donors (Lipinski definition) is 0. The Hall–Kier alpha value is -3.82. The third kappa shape index (κ3) is 4.68. The fourth-order valence-electron chi connectivity index (χ4n) is 3.08. The molecule has 0 amide bonds. The molecule has 0 saturated heterocycles. The summed E-state index contributed by atoms with van der Waals surface area (Å²) in [5, 5.41) is 11.7. The first-order valence-corrected chi connectivity index (χ1v) is 10.1. The highest BCUT2D eigenvalue weighted by Gasteiger charge is 2.18. The van der Waals surface area contributed by atoms with Gasteiger partial charge >= 0.3 is 12.0 Å². The molecule has 0 N–H and O–H groups in total. The number of fused-ring (bicyclic) bond motifs is 1. The molecule has 0 bridgehead atoms. The first-order chi connectivity index (χ1) is 15.2. The quantitative estimate of drug-likeness (QED) is 0.299. The van der Waals surface area contributed by atoms with Gasteiger partial charge in [-0.25, -0.2) is 9.25 Å². The summed E-state index contributed by atoms with van der Waals surface area (Å²) in [6, 6.07) is 13.5. The molecule has 4 rings (SSSR count). The van der Waals surface area contributed by atoms with Crippen molar-refractivity contribution in [3.05, 3.63) is 53.9 Å². The molecule has 0 spiro atoms. The maximum absolute atomic E-state index is 12.0. The van der Waals surface area contributed by atoms with Crippen molar-refractivity contribution in [2.24, 2.45) is 7.05 Å². The zero-order chi connectivity index (χ0) is 21.6. The van der Waals surface area contributed by atoms with Crippen LogP contribution in [0.2, 0.25) is 0 Å². The van der Waals surface area contributed by atoms with Gasteiger partial charge in [-0.2, -0.15) is 4.98 Å². The van der Waals surface area contributed by atoms with Crippen molar-refractivity contribution in [3.63, 3.8) is 0 Å². The second-order valence-electron chi connectivity index (χ2n) is 6.98. The third-order valence-corrected chi connectivity index (χ3v) is 4.63. The van der Waals surface area contributed by atoms with Crippen molar-refractivity contribution in [3.8, 4) is 12.0 Å². The standard InChI is InChI=1S/C21H23N7O3/c1-3-4-12-30-19(29)13-15-8-7-9-16(22-15)14-31-21-23-17-10-5-6-11-18(17)28(21)20-24-25-26-27(20)2/h5-11H,3-4,12-14H2,1-2H3. The Balaban J connectivity index is 1.51. The van der Waals surface area contributed by atoms with Crippen molar-refractivity contribution in [2.45, 2.75) is 32.8 Å². The number of aryl methyl sites for hydroxylation is 1. The van der Waals surface area contributed by atoms with Crippen LogP contribution in [0.3, 0.4) is 0 Å². The number of esters is 1. The summed E-state index contributed by atoms with van der Waals surface area (Å²) in [5.41, 5.74) is 2.89. The Labute approximate surface area is 178 Å². The zero-order valence-electron chi connectivity index (χ0n) is 17.4. The lowest BCUT2D eigenvalue weighted by atomic mass is 10.2. The van der Waals surface area contributed by atoms with Crippen LogP contribution in [0.1, 0.15) is 31.2 Å². The lowest BCUT2D eigenvalue weighted by molar-refractivity contribution is -0.143. The molecule has 0 radical (unpaired) electrons. The maximum Gasteiger partial charge on any atom is 0.311 e. The molecule has 4 aromatic rings. The fraction of sp³-hybridized carbons (Fsp3) is 0.333. The number of carbonyl (C=O) groups is 1. The van der Waals surface area contributed by atoms with E-state index in [9.17, 15) is 4.79 Å². The second kappa shape index (κ2) is 9.33. The Kier molecular flexibility index (Phi) is 6.16. The van der Waals surface area contributed by atoms with Gasteiger partial charge in [0.15, 0.2) is 0 Å². The van der Waals surface area contributed by atoms with Gasteiger partial charge in [-0.05, 0) is 41.1 Å². The highest BCUT2D eigenvalue weighted by atomic mass is 16.5. The lowest BCUT2D eigenvalue weighted by Gasteiger charge is -2.09. The molecular formula is C21H23N7O3. The third-order valence-electron chi connectivity index (χ3n) is 4.63. The molecule has 3 aromatic heterocycles. The van der Waals surface area contributed by atoms with E-state index >= 15 is 0 Å². The summed E-state index contributed by atoms with van der Waals surface area (Å²) in [5.74, 6) is 0.204. The van der Waals surface area contributed by atoms with E-state index in [0.717, 1.165) is 23.9 Å². The molecule has 1 aromatic carbocycles. The molecule has 10 nitrogen and oxygen atoms in total. The van der Waals surface area contributed by atoms with Crippen LogP contribution < -0.4 is 4.74 Å². The normalized spacial score (nSPS) is 11.0. The fourth-order valence-corrected chi connectivity index (χ4v) is 3.08. The van der Waals surface area contributed by atoms with E-state index in [-0.39, 0.29) is 19.0 Å². The molecular weight excluding hydrogens is 398 g/mol. The van der Waals surface area contributed by atoms with E-state index in [0.29, 0.717) is 30.0 Å². The highest BCUT2D eigenvalue weighted by Crippen LogP contribution is 2.25. The smallest absolute Gasteiger partial charge is 0.311 e. The van der Waals surface area contributed by atoms with E-state index < -0.39 is 0 Å². The van der Waals surface area contributed by atoms with Crippen LogP contribution in [0.4, 0.5) is 0 Å². The molecule has 0 aliphatic rings. The number of para-hydroxylation sites is 2. The number of imidazole rings is 1. The van der Waals surface area contributed by atoms with Crippen LogP contribution in [-0.2, 0) is 29.6 Å². The number of tetrazole rings is 1. The van der Waals surface area contributed by atoms with Gasteiger partial charge in [0, 0.05) is 7.05 Å². The predicted molar refractivity (Wildman–Crippen MR) is 112 cm³/mol. The van der Waals surface area contributed by atoms with Gasteiger partial charge < -0.3 is 9.47 Å². The van der Waals surface area contributed by atoms with Crippen LogP contribution in [-0.4, -0.2) is 47.3 Å². The van der Waals surface area contributed by atoms with Crippen molar-refractivity contribution < 1.29 is 14.3 Å². The van der Waals surface area contributed by atoms with E-state index in [1.165, 1.54) is 0 Å². The van der Waals surface area contributed by atoms with Crippen molar-refractivity contribution in [1.82, 2.24) is 34.7 Å². The van der Waals surface area contributed by atoms with Crippen LogP contribution in [0, 0.1) is 0 Å². The van der Waals surface area contributed by atoms with Gasteiger partial charge in [-0.3, -0.25) is 9.78 Å². The van der Waals surface area contributed by atoms with Crippen molar-refractivity contribution >= 4 is 17.0 Å². The zero-order valence-corrected chi connectivity index (χ0v) is 17.4. The average molecular weight is 421 g/mol. The molecule has 160 valence electrons. The van der Waals surface area contributed by atoms with Crippen LogP contribution in [0.25, 0.3) is 17.0 Å². The molecule has 0 atom stereocenters. The predicted octanol–water partition coefficient (Wildman–Crippen LogP) is 2.41. The van der Waals surface area contributed by atoms with Gasteiger partial charge in [0.1, 0.15) is 6.61 Å². The molecule has 0 unspecified atom stereocenters. The maximum atomic E-state index is 12.0. The van der Waals surface area contributed by atoms with Crippen LogP contribution in [0.15, 0.2) is 42.5 Å². The first-order valence-electron chi connectivity index (χ1n) is 10.1. The number of rotatable bonds is 9. The molecule has 31 heavy (non-hydrogen) atoms. The van der Waals surface area contributed by atoms with Crippen LogP contribution in [0.5, 0.6) is 6.01 Å². The van der Waals surface area contributed by atoms with Gasteiger partial charge in [-0.15, -0.1) is 0 Å². The molecule has 0 fully saturated rings. The number of ether oxygens (including phenoxy) is 2.